The summed E-state index contributed by atoms with van der Waals surface area (Å²) in [6.45, 7) is 2.51. The fourth-order valence-electron chi connectivity index (χ4n) is 1.78. The van der Waals surface area contributed by atoms with Crippen molar-refractivity contribution in [3.05, 3.63) is 56.4 Å². The Balaban J connectivity index is 2.18. The van der Waals surface area contributed by atoms with E-state index in [2.05, 4.69) is 21.2 Å². The van der Waals surface area contributed by atoms with Crippen molar-refractivity contribution in [1.29, 1.82) is 0 Å². The first-order valence-electron chi connectivity index (χ1n) is 5.89. The molecule has 0 aliphatic rings. The summed E-state index contributed by atoms with van der Waals surface area (Å²) < 4.78 is 13.7. The number of thiophene rings is 1. The minimum absolute atomic E-state index is 0.0591. The van der Waals surface area contributed by atoms with E-state index >= 15 is 0 Å². The van der Waals surface area contributed by atoms with Crippen molar-refractivity contribution in [2.75, 3.05) is 6.61 Å². The molecule has 102 valence electrons. The molecule has 5 heteroatoms. The van der Waals surface area contributed by atoms with E-state index in [9.17, 15) is 9.50 Å². The Morgan fingerprint density at radius 2 is 2.21 bits per heavy atom. The van der Waals surface area contributed by atoms with Crippen molar-refractivity contribution in [1.82, 2.24) is 5.32 Å². The molecular formula is C14H15BrFNOS. The van der Waals surface area contributed by atoms with Gasteiger partial charge in [-0.05, 0) is 52.0 Å². The van der Waals surface area contributed by atoms with Gasteiger partial charge in [0.25, 0.3) is 0 Å². The lowest BCUT2D eigenvalue weighted by atomic mass is 9.93. The third-order valence-electron chi connectivity index (χ3n) is 3.11. The summed E-state index contributed by atoms with van der Waals surface area (Å²) in [7, 11) is 0. The minimum Gasteiger partial charge on any atom is -0.394 e. The van der Waals surface area contributed by atoms with Crippen LogP contribution >= 0.6 is 27.3 Å². The summed E-state index contributed by atoms with van der Waals surface area (Å²) in [6.07, 6.45) is 0. The lowest BCUT2D eigenvalue weighted by molar-refractivity contribution is 0.174. The summed E-state index contributed by atoms with van der Waals surface area (Å²) in [5, 5.41) is 15.0. The third kappa shape index (κ3) is 3.42. The molecule has 0 saturated carbocycles. The number of hydrogen-bond acceptors (Lipinski definition) is 3. The van der Waals surface area contributed by atoms with Crippen LogP contribution in [0.25, 0.3) is 0 Å². The van der Waals surface area contributed by atoms with Gasteiger partial charge in [0, 0.05) is 11.4 Å². The summed E-state index contributed by atoms with van der Waals surface area (Å²) in [6, 6.07) is 8.83. The van der Waals surface area contributed by atoms with Gasteiger partial charge in [-0.25, -0.2) is 4.39 Å². The highest BCUT2D eigenvalue weighted by atomic mass is 79.9. The molecule has 0 spiro atoms. The van der Waals surface area contributed by atoms with Gasteiger partial charge in [0.2, 0.25) is 0 Å². The Morgan fingerprint density at radius 1 is 1.42 bits per heavy atom. The van der Waals surface area contributed by atoms with Crippen LogP contribution in [0.5, 0.6) is 0 Å². The number of aliphatic hydroxyl groups excluding tert-OH is 1. The predicted molar refractivity (Wildman–Crippen MR) is 79.7 cm³/mol. The van der Waals surface area contributed by atoms with Gasteiger partial charge in [0.05, 0.1) is 16.6 Å². The van der Waals surface area contributed by atoms with E-state index in [1.807, 2.05) is 24.4 Å². The number of rotatable bonds is 5. The molecule has 19 heavy (non-hydrogen) atoms. The highest BCUT2D eigenvalue weighted by molar-refractivity contribution is 9.10. The SMILES string of the molecule is CC(CO)(NCc1cccs1)c1ccc(F)c(Br)c1. The normalized spacial score (nSPS) is 14.3. The molecule has 2 aromatic rings. The predicted octanol–water partition coefficient (Wildman–Crippen LogP) is 3.65. The summed E-state index contributed by atoms with van der Waals surface area (Å²) in [5.74, 6) is -0.303. The van der Waals surface area contributed by atoms with E-state index in [0.29, 0.717) is 11.0 Å². The monoisotopic (exact) mass is 343 g/mol. The summed E-state index contributed by atoms with van der Waals surface area (Å²) in [4.78, 5) is 1.20. The topological polar surface area (TPSA) is 32.3 Å². The molecule has 0 fully saturated rings. The number of benzene rings is 1. The average Bonchev–Trinajstić information content (AvgIpc) is 2.92. The molecule has 1 unspecified atom stereocenters. The molecule has 0 aliphatic heterocycles. The van der Waals surface area contributed by atoms with Gasteiger partial charge >= 0.3 is 0 Å². The molecule has 0 radical (unpaired) electrons. The second-order valence-corrected chi connectivity index (χ2v) is 6.44. The molecule has 0 amide bonds. The fraction of sp³-hybridized carbons (Fsp3) is 0.286. The Labute approximate surface area is 124 Å². The van der Waals surface area contributed by atoms with E-state index in [1.54, 1.807) is 23.5 Å². The Hall–Kier alpha value is -0.750. The van der Waals surface area contributed by atoms with Crippen molar-refractivity contribution in [2.45, 2.75) is 19.0 Å². The second-order valence-electron chi connectivity index (χ2n) is 4.55. The molecule has 0 aliphatic carbocycles. The highest BCUT2D eigenvalue weighted by Gasteiger charge is 2.26. The lowest BCUT2D eigenvalue weighted by Crippen LogP contribution is -2.42. The molecule has 1 aromatic carbocycles. The zero-order valence-corrected chi connectivity index (χ0v) is 12.9. The summed E-state index contributed by atoms with van der Waals surface area (Å²) >= 11 is 4.84. The Bertz CT molecular complexity index is 546. The molecule has 0 saturated heterocycles. The second kappa shape index (κ2) is 6.13. The maximum Gasteiger partial charge on any atom is 0.137 e. The molecule has 1 aromatic heterocycles. The first-order valence-corrected chi connectivity index (χ1v) is 7.56. The summed E-state index contributed by atoms with van der Waals surface area (Å²) in [5.41, 5.74) is 0.250. The fourth-order valence-corrected chi connectivity index (χ4v) is 2.81. The first kappa shape index (κ1) is 14.7. The van der Waals surface area contributed by atoms with Crippen molar-refractivity contribution < 1.29 is 9.50 Å². The van der Waals surface area contributed by atoms with Gasteiger partial charge in [0.1, 0.15) is 5.82 Å². The minimum atomic E-state index is -0.597. The quantitative estimate of drug-likeness (QED) is 0.868. The van der Waals surface area contributed by atoms with Crippen molar-refractivity contribution >= 4 is 27.3 Å². The van der Waals surface area contributed by atoms with Gasteiger partial charge in [-0.1, -0.05) is 12.1 Å². The standard InChI is InChI=1S/C14H15BrFNOS/c1-14(9-18,17-8-11-3-2-6-19-11)10-4-5-13(16)12(15)7-10/h2-7,17-18H,8-9H2,1H3. The van der Waals surface area contributed by atoms with Gasteiger partial charge in [0.15, 0.2) is 0 Å². The van der Waals surface area contributed by atoms with E-state index in [0.717, 1.165) is 5.56 Å². The van der Waals surface area contributed by atoms with Crippen molar-refractivity contribution in [2.24, 2.45) is 0 Å². The third-order valence-corrected chi connectivity index (χ3v) is 4.59. The van der Waals surface area contributed by atoms with Gasteiger partial charge in [-0.2, -0.15) is 0 Å². The molecule has 2 rings (SSSR count). The number of hydrogen-bond donors (Lipinski definition) is 2. The van der Waals surface area contributed by atoms with Crippen LogP contribution in [-0.2, 0) is 12.1 Å². The van der Waals surface area contributed by atoms with Crippen molar-refractivity contribution in [3.63, 3.8) is 0 Å². The number of halogens is 2. The van der Waals surface area contributed by atoms with Crippen LogP contribution in [0.4, 0.5) is 4.39 Å². The maximum atomic E-state index is 13.3. The molecule has 2 nitrogen and oxygen atoms in total. The van der Waals surface area contributed by atoms with Crippen LogP contribution < -0.4 is 5.32 Å². The van der Waals surface area contributed by atoms with Crippen LogP contribution in [-0.4, -0.2) is 11.7 Å². The largest absolute Gasteiger partial charge is 0.394 e. The van der Waals surface area contributed by atoms with Crippen LogP contribution in [0.15, 0.2) is 40.2 Å². The maximum absolute atomic E-state index is 13.3. The Morgan fingerprint density at radius 3 is 2.79 bits per heavy atom. The van der Waals surface area contributed by atoms with Crippen LogP contribution in [0.2, 0.25) is 0 Å². The van der Waals surface area contributed by atoms with Crippen LogP contribution in [0, 0.1) is 5.82 Å². The molecule has 1 heterocycles. The van der Waals surface area contributed by atoms with Crippen molar-refractivity contribution in [3.8, 4) is 0 Å². The number of nitrogens with one attached hydrogen (secondary N) is 1. The molecule has 0 bridgehead atoms. The van der Waals surface area contributed by atoms with E-state index < -0.39 is 5.54 Å². The zero-order valence-electron chi connectivity index (χ0n) is 10.5. The van der Waals surface area contributed by atoms with Crippen LogP contribution in [0.1, 0.15) is 17.4 Å². The van der Waals surface area contributed by atoms with Crippen LogP contribution in [0.3, 0.4) is 0 Å². The highest BCUT2D eigenvalue weighted by Crippen LogP contribution is 2.26. The van der Waals surface area contributed by atoms with E-state index in [-0.39, 0.29) is 12.4 Å². The van der Waals surface area contributed by atoms with Gasteiger partial charge in [-0.15, -0.1) is 11.3 Å². The Kier molecular flexibility index (Phi) is 4.73. The molecule has 1 atom stereocenters. The van der Waals surface area contributed by atoms with Gasteiger partial charge < -0.3 is 10.4 Å². The smallest absolute Gasteiger partial charge is 0.137 e. The first-order chi connectivity index (χ1) is 9.05. The van der Waals surface area contributed by atoms with E-state index in [1.165, 1.54) is 10.9 Å². The lowest BCUT2D eigenvalue weighted by Gasteiger charge is -2.29. The molecular weight excluding hydrogens is 329 g/mol. The van der Waals surface area contributed by atoms with Gasteiger partial charge in [-0.3, -0.25) is 0 Å². The van der Waals surface area contributed by atoms with E-state index in [4.69, 9.17) is 0 Å². The zero-order chi connectivity index (χ0) is 13.9. The average molecular weight is 344 g/mol. The number of aliphatic hydroxyl groups is 1. The molecule has 2 N–H and O–H groups in total.